The fourth-order valence-electron chi connectivity index (χ4n) is 2.26. The van der Waals surface area contributed by atoms with E-state index in [4.69, 9.17) is 10.5 Å². The first-order chi connectivity index (χ1) is 5.84. The van der Waals surface area contributed by atoms with E-state index in [0.717, 1.165) is 5.69 Å². The van der Waals surface area contributed by atoms with Crippen molar-refractivity contribution in [3.8, 4) is 0 Å². The lowest BCUT2D eigenvalue weighted by molar-refractivity contribution is 0.0717. The van der Waals surface area contributed by atoms with Gasteiger partial charge in [-0.15, -0.1) is 0 Å². The van der Waals surface area contributed by atoms with E-state index in [9.17, 15) is 0 Å². The van der Waals surface area contributed by atoms with Crippen LogP contribution in [0.4, 0.5) is 5.69 Å². The van der Waals surface area contributed by atoms with Crippen molar-refractivity contribution in [1.82, 2.24) is 0 Å². The van der Waals surface area contributed by atoms with Gasteiger partial charge in [-0.05, 0) is 36.1 Å². The van der Waals surface area contributed by atoms with Gasteiger partial charge in [0.25, 0.3) is 0 Å². The Labute approximate surface area is 71.3 Å². The first-order valence-electron chi connectivity index (χ1n) is 4.39. The summed E-state index contributed by atoms with van der Waals surface area (Å²) in [5, 5.41) is 0. The second-order valence-electron chi connectivity index (χ2n) is 3.58. The summed E-state index contributed by atoms with van der Waals surface area (Å²) in [6.45, 7) is 0. The molecule has 1 aromatic rings. The zero-order valence-electron chi connectivity index (χ0n) is 6.79. The molecule has 0 aromatic heterocycles. The van der Waals surface area contributed by atoms with Crippen molar-refractivity contribution in [1.29, 1.82) is 0 Å². The van der Waals surface area contributed by atoms with Crippen LogP contribution in [0.15, 0.2) is 18.2 Å². The number of hydrogen-bond acceptors (Lipinski definition) is 2. The van der Waals surface area contributed by atoms with Crippen LogP contribution in [0.5, 0.6) is 0 Å². The van der Waals surface area contributed by atoms with E-state index in [-0.39, 0.29) is 0 Å². The van der Waals surface area contributed by atoms with Crippen LogP contribution in [0, 0.1) is 0 Å². The van der Waals surface area contributed by atoms with Crippen molar-refractivity contribution in [2.75, 3.05) is 5.73 Å². The largest absolute Gasteiger partial charge is 0.399 e. The lowest BCUT2D eigenvalue weighted by Gasteiger charge is -2.10. The molecule has 2 bridgehead atoms. The van der Waals surface area contributed by atoms with Crippen LogP contribution in [-0.4, -0.2) is 0 Å². The highest BCUT2D eigenvalue weighted by Gasteiger charge is 2.37. The molecule has 2 aliphatic rings. The first kappa shape index (κ1) is 6.49. The topological polar surface area (TPSA) is 35.2 Å². The summed E-state index contributed by atoms with van der Waals surface area (Å²) in [4.78, 5) is 0. The minimum Gasteiger partial charge on any atom is -0.399 e. The minimum atomic E-state index is 0.341. The van der Waals surface area contributed by atoms with E-state index < -0.39 is 0 Å². The Morgan fingerprint density at radius 1 is 1.17 bits per heavy atom. The molecule has 0 aliphatic carbocycles. The maximum absolute atomic E-state index is 5.74. The van der Waals surface area contributed by atoms with Gasteiger partial charge < -0.3 is 10.5 Å². The monoisotopic (exact) mass is 161 g/mol. The van der Waals surface area contributed by atoms with Crippen LogP contribution >= 0.6 is 0 Å². The third kappa shape index (κ3) is 0.681. The molecule has 2 atom stereocenters. The molecule has 12 heavy (non-hydrogen) atoms. The normalized spacial score (nSPS) is 30.7. The van der Waals surface area contributed by atoms with Gasteiger partial charge in [0.15, 0.2) is 0 Å². The third-order valence-electron chi connectivity index (χ3n) is 2.82. The van der Waals surface area contributed by atoms with Crippen LogP contribution < -0.4 is 5.73 Å². The molecule has 0 saturated carbocycles. The van der Waals surface area contributed by atoms with Gasteiger partial charge in [0.2, 0.25) is 0 Å². The standard InChI is InChI=1S/C10H11NO/c11-6-1-2-7-8(5-6)10-4-3-9(7)12-10/h1-2,5,9-10H,3-4,11H2. The van der Waals surface area contributed by atoms with Gasteiger partial charge in [-0.3, -0.25) is 0 Å². The number of rotatable bonds is 0. The van der Waals surface area contributed by atoms with E-state index in [1.54, 1.807) is 0 Å². The molecule has 2 nitrogen and oxygen atoms in total. The number of hydrogen-bond donors (Lipinski definition) is 1. The van der Waals surface area contributed by atoms with E-state index >= 15 is 0 Å². The molecular weight excluding hydrogens is 150 g/mol. The first-order valence-corrected chi connectivity index (χ1v) is 4.39. The van der Waals surface area contributed by atoms with Crippen LogP contribution in [0.2, 0.25) is 0 Å². The molecule has 1 aromatic carbocycles. The number of nitrogen functional groups attached to an aromatic ring is 1. The Bertz CT molecular complexity index is 335. The molecule has 62 valence electrons. The quantitative estimate of drug-likeness (QED) is 0.592. The maximum Gasteiger partial charge on any atom is 0.0838 e. The summed E-state index contributed by atoms with van der Waals surface area (Å²) < 4.78 is 5.74. The van der Waals surface area contributed by atoms with E-state index in [2.05, 4.69) is 12.1 Å². The van der Waals surface area contributed by atoms with Crippen molar-refractivity contribution in [3.63, 3.8) is 0 Å². The Hall–Kier alpha value is -1.02. The molecule has 1 saturated heterocycles. The number of anilines is 1. The van der Waals surface area contributed by atoms with Crippen molar-refractivity contribution in [3.05, 3.63) is 29.3 Å². The molecule has 0 spiro atoms. The number of ether oxygens (including phenoxy) is 1. The van der Waals surface area contributed by atoms with E-state index in [1.165, 1.54) is 24.0 Å². The molecular formula is C10H11NO. The summed E-state index contributed by atoms with van der Waals surface area (Å²) in [5.41, 5.74) is 9.25. The van der Waals surface area contributed by atoms with Gasteiger partial charge in [-0.2, -0.15) is 0 Å². The van der Waals surface area contributed by atoms with Crippen LogP contribution in [0.1, 0.15) is 36.2 Å². The Morgan fingerprint density at radius 2 is 1.92 bits per heavy atom. The zero-order chi connectivity index (χ0) is 8.13. The SMILES string of the molecule is Nc1ccc2c(c1)C1CCC2O1. The highest BCUT2D eigenvalue weighted by Crippen LogP contribution is 2.50. The average Bonchev–Trinajstić information content (AvgIpc) is 2.63. The zero-order valence-corrected chi connectivity index (χ0v) is 6.79. The summed E-state index contributed by atoms with van der Waals surface area (Å²) in [6, 6.07) is 6.12. The third-order valence-corrected chi connectivity index (χ3v) is 2.82. The fraction of sp³-hybridized carbons (Fsp3) is 0.400. The van der Waals surface area contributed by atoms with Crippen molar-refractivity contribution >= 4 is 5.69 Å². The Kier molecular flexibility index (Phi) is 1.09. The molecule has 2 heterocycles. The van der Waals surface area contributed by atoms with Crippen LogP contribution in [-0.2, 0) is 4.74 Å². The molecule has 0 amide bonds. The highest BCUT2D eigenvalue weighted by molar-refractivity contribution is 5.48. The molecule has 2 heteroatoms. The number of nitrogens with two attached hydrogens (primary N) is 1. The smallest absolute Gasteiger partial charge is 0.0838 e. The molecule has 3 rings (SSSR count). The molecule has 2 N–H and O–H groups in total. The number of benzene rings is 1. The molecule has 1 fully saturated rings. The fourth-order valence-corrected chi connectivity index (χ4v) is 2.26. The molecule has 0 radical (unpaired) electrons. The Morgan fingerprint density at radius 3 is 2.75 bits per heavy atom. The maximum atomic E-state index is 5.74. The Balaban J connectivity index is 2.20. The number of fused-ring (bicyclic) bond motifs is 5. The van der Waals surface area contributed by atoms with Crippen molar-refractivity contribution in [2.45, 2.75) is 25.0 Å². The van der Waals surface area contributed by atoms with E-state index in [0.29, 0.717) is 12.2 Å². The second kappa shape index (κ2) is 2.02. The van der Waals surface area contributed by atoms with Crippen LogP contribution in [0.3, 0.4) is 0 Å². The molecule has 2 unspecified atom stereocenters. The van der Waals surface area contributed by atoms with Gasteiger partial charge in [0.1, 0.15) is 0 Å². The van der Waals surface area contributed by atoms with E-state index in [1.807, 2.05) is 6.07 Å². The lowest BCUT2D eigenvalue weighted by Crippen LogP contribution is -1.98. The van der Waals surface area contributed by atoms with Crippen molar-refractivity contribution < 1.29 is 4.74 Å². The lowest BCUT2D eigenvalue weighted by atomic mass is 9.91. The summed E-state index contributed by atoms with van der Waals surface area (Å²) in [5.74, 6) is 0. The highest BCUT2D eigenvalue weighted by atomic mass is 16.5. The van der Waals surface area contributed by atoms with Gasteiger partial charge >= 0.3 is 0 Å². The van der Waals surface area contributed by atoms with Gasteiger partial charge in [0.05, 0.1) is 12.2 Å². The summed E-state index contributed by atoms with van der Waals surface area (Å²) >= 11 is 0. The van der Waals surface area contributed by atoms with Crippen LogP contribution in [0.25, 0.3) is 0 Å². The molecule has 2 aliphatic heterocycles. The van der Waals surface area contributed by atoms with Gasteiger partial charge in [0, 0.05) is 5.69 Å². The average molecular weight is 161 g/mol. The van der Waals surface area contributed by atoms with Gasteiger partial charge in [-0.25, -0.2) is 0 Å². The predicted molar refractivity (Wildman–Crippen MR) is 46.7 cm³/mol. The summed E-state index contributed by atoms with van der Waals surface area (Å²) in [6.07, 6.45) is 3.06. The summed E-state index contributed by atoms with van der Waals surface area (Å²) in [7, 11) is 0. The minimum absolute atomic E-state index is 0.341. The van der Waals surface area contributed by atoms with Gasteiger partial charge in [-0.1, -0.05) is 6.07 Å². The van der Waals surface area contributed by atoms with Crippen molar-refractivity contribution in [2.24, 2.45) is 0 Å². The second-order valence-corrected chi connectivity index (χ2v) is 3.58. The predicted octanol–water partition coefficient (Wildman–Crippen LogP) is 2.17.